The van der Waals surface area contributed by atoms with Crippen LogP contribution in [0, 0.1) is 0 Å². The van der Waals surface area contributed by atoms with Crippen LogP contribution in [0.2, 0.25) is 0 Å². The maximum absolute atomic E-state index is 5.69. The van der Waals surface area contributed by atoms with E-state index in [-0.39, 0.29) is 0 Å². The molecule has 0 aliphatic carbocycles. The van der Waals surface area contributed by atoms with Crippen LogP contribution in [0.1, 0.15) is 32.3 Å². The summed E-state index contributed by atoms with van der Waals surface area (Å²) in [5.41, 5.74) is 4.45. The maximum atomic E-state index is 5.69. The molecular formula is C13H22N2O. The predicted molar refractivity (Wildman–Crippen MR) is 66.5 cm³/mol. The van der Waals surface area contributed by atoms with Crippen LogP contribution in [0.5, 0.6) is 0 Å². The Bertz CT molecular complexity index is 264. The summed E-state index contributed by atoms with van der Waals surface area (Å²) in [5.74, 6) is 0. The van der Waals surface area contributed by atoms with Crippen LogP contribution in [0.4, 0.5) is 0 Å². The van der Waals surface area contributed by atoms with E-state index in [0.717, 1.165) is 25.9 Å². The van der Waals surface area contributed by atoms with Crippen LogP contribution >= 0.6 is 0 Å². The number of hydrogen-bond donors (Lipinski definition) is 1. The molecule has 0 aliphatic rings. The fourth-order valence-corrected chi connectivity index (χ4v) is 1.36. The second-order valence-corrected chi connectivity index (χ2v) is 3.77. The van der Waals surface area contributed by atoms with Gasteiger partial charge in [-0.1, -0.05) is 44.2 Å². The van der Waals surface area contributed by atoms with Crippen molar-refractivity contribution < 1.29 is 4.84 Å². The minimum Gasteiger partial charge on any atom is -0.279 e. The zero-order valence-corrected chi connectivity index (χ0v) is 10.3. The Morgan fingerprint density at radius 3 is 2.50 bits per heavy atom. The summed E-state index contributed by atoms with van der Waals surface area (Å²) < 4.78 is 0. The fourth-order valence-electron chi connectivity index (χ4n) is 1.36. The van der Waals surface area contributed by atoms with Crippen LogP contribution in [0.3, 0.4) is 0 Å². The first-order chi connectivity index (χ1) is 7.86. The molecule has 1 aromatic carbocycles. The third-order valence-corrected chi connectivity index (χ3v) is 2.19. The van der Waals surface area contributed by atoms with Gasteiger partial charge in [0.2, 0.25) is 0 Å². The van der Waals surface area contributed by atoms with E-state index in [9.17, 15) is 0 Å². The summed E-state index contributed by atoms with van der Waals surface area (Å²) >= 11 is 0. The van der Waals surface area contributed by atoms with Crippen LogP contribution in [-0.2, 0) is 11.4 Å². The highest BCUT2D eigenvalue weighted by atomic mass is 16.7. The first-order valence-electron chi connectivity index (χ1n) is 6.04. The van der Waals surface area contributed by atoms with Gasteiger partial charge in [0, 0.05) is 13.1 Å². The number of rotatable bonds is 8. The summed E-state index contributed by atoms with van der Waals surface area (Å²) in [5, 5.41) is 1.84. The molecule has 90 valence electrons. The Balaban J connectivity index is 2.31. The third kappa shape index (κ3) is 5.26. The van der Waals surface area contributed by atoms with Gasteiger partial charge in [0.15, 0.2) is 0 Å². The van der Waals surface area contributed by atoms with E-state index in [4.69, 9.17) is 4.84 Å². The minimum absolute atomic E-state index is 0.623. The van der Waals surface area contributed by atoms with Crippen molar-refractivity contribution in [1.82, 2.24) is 10.6 Å². The number of hydrogen-bond acceptors (Lipinski definition) is 3. The van der Waals surface area contributed by atoms with Gasteiger partial charge >= 0.3 is 0 Å². The highest BCUT2D eigenvalue weighted by Crippen LogP contribution is 2.02. The predicted octanol–water partition coefficient (Wildman–Crippen LogP) is 2.74. The Hall–Kier alpha value is -0.900. The average molecular weight is 222 g/mol. The van der Waals surface area contributed by atoms with Gasteiger partial charge in [-0.2, -0.15) is 0 Å². The van der Waals surface area contributed by atoms with Crippen LogP contribution in [0.15, 0.2) is 30.3 Å². The molecule has 3 heteroatoms. The molecule has 0 saturated carbocycles. The lowest BCUT2D eigenvalue weighted by Gasteiger charge is -2.21. The first kappa shape index (κ1) is 13.2. The number of nitrogens with zero attached hydrogens (tertiary/aromatic N) is 1. The Kier molecular flexibility index (Phi) is 6.81. The lowest BCUT2D eigenvalue weighted by molar-refractivity contribution is -0.205. The Labute approximate surface area is 98.3 Å². The van der Waals surface area contributed by atoms with Crippen molar-refractivity contribution in [3.8, 4) is 0 Å². The highest BCUT2D eigenvalue weighted by Gasteiger charge is 2.02. The molecule has 0 bridgehead atoms. The minimum atomic E-state index is 0.623. The maximum Gasteiger partial charge on any atom is 0.0952 e. The number of hydroxylamine groups is 1. The molecule has 0 saturated heterocycles. The Morgan fingerprint density at radius 2 is 1.88 bits per heavy atom. The molecule has 0 aromatic heterocycles. The van der Waals surface area contributed by atoms with Crippen molar-refractivity contribution in [1.29, 1.82) is 0 Å². The zero-order valence-electron chi connectivity index (χ0n) is 10.3. The average Bonchev–Trinajstić information content (AvgIpc) is 2.34. The Morgan fingerprint density at radius 1 is 1.12 bits per heavy atom. The molecule has 0 atom stereocenters. The molecule has 16 heavy (non-hydrogen) atoms. The molecule has 1 N–H and O–H groups in total. The van der Waals surface area contributed by atoms with Gasteiger partial charge in [0.05, 0.1) is 6.61 Å². The van der Waals surface area contributed by atoms with Crippen molar-refractivity contribution >= 4 is 0 Å². The van der Waals surface area contributed by atoms with Gasteiger partial charge in [-0.05, 0) is 18.4 Å². The second kappa shape index (κ2) is 8.28. The molecule has 0 fully saturated rings. The number of benzene rings is 1. The molecule has 0 unspecified atom stereocenters. The lowest BCUT2D eigenvalue weighted by Crippen LogP contribution is -2.38. The van der Waals surface area contributed by atoms with Gasteiger partial charge in [0.25, 0.3) is 0 Å². The van der Waals surface area contributed by atoms with Crippen molar-refractivity contribution in [3.63, 3.8) is 0 Å². The van der Waals surface area contributed by atoms with Crippen molar-refractivity contribution in [2.24, 2.45) is 0 Å². The molecule has 0 spiro atoms. The van der Waals surface area contributed by atoms with Gasteiger partial charge in [-0.15, -0.1) is 5.17 Å². The third-order valence-electron chi connectivity index (χ3n) is 2.19. The molecule has 1 aromatic rings. The summed E-state index contributed by atoms with van der Waals surface area (Å²) in [4.78, 5) is 5.69. The van der Waals surface area contributed by atoms with E-state index < -0.39 is 0 Å². The van der Waals surface area contributed by atoms with Gasteiger partial charge < -0.3 is 0 Å². The van der Waals surface area contributed by atoms with Crippen LogP contribution in [0.25, 0.3) is 0 Å². The molecule has 0 amide bonds. The molecule has 0 radical (unpaired) electrons. The van der Waals surface area contributed by atoms with E-state index in [0.29, 0.717) is 6.61 Å². The molecule has 3 nitrogen and oxygen atoms in total. The van der Waals surface area contributed by atoms with E-state index in [1.54, 1.807) is 0 Å². The molecular weight excluding hydrogens is 200 g/mol. The monoisotopic (exact) mass is 222 g/mol. The summed E-state index contributed by atoms with van der Waals surface area (Å²) in [6.07, 6.45) is 2.18. The topological polar surface area (TPSA) is 24.5 Å². The normalized spacial score (nSPS) is 10.9. The van der Waals surface area contributed by atoms with Gasteiger partial charge in [0.1, 0.15) is 0 Å². The lowest BCUT2D eigenvalue weighted by atomic mass is 10.2. The van der Waals surface area contributed by atoms with E-state index in [1.165, 1.54) is 5.56 Å². The molecule has 1 rings (SSSR count). The van der Waals surface area contributed by atoms with Crippen LogP contribution < -0.4 is 5.43 Å². The van der Waals surface area contributed by atoms with E-state index in [2.05, 4.69) is 31.4 Å². The SMILES string of the molecule is CCCNN(CCC)OCc1ccccc1. The summed E-state index contributed by atoms with van der Waals surface area (Å²) in [6.45, 7) is 6.78. The van der Waals surface area contributed by atoms with E-state index in [1.807, 2.05) is 23.4 Å². The fraction of sp³-hybridized carbons (Fsp3) is 0.538. The molecule has 0 heterocycles. The van der Waals surface area contributed by atoms with Gasteiger partial charge in [-0.25, -0.2) is 5.43 Å². The van der Waals surface area contributed by atoms with E-state index >= 15 is 0 Å². The summed E-state index contributed by atoms with van der Waals surface area (Å²) in [6, 6.07) is 10.2. The van der Waals surface area contributed by atoms with Gasteiger partial charge in [-0.3, -0.25) is 4.84 Å². The van der Waals surface area contributed by atoms with Crippen molar-refractivity contribution in [2.45, 2.75) is 33.3 Å². The second-order valence-electron chi connectivity index (χ2n) is 3.77. The smallest absolute Gasteiger partial charge is 0.0952 e. The van der Waals surface area contributed by atoms with Crippen molar-refractivity contribution in [2.75, 3.05) is 13.1 Å². The largest absolute Gasteiger partial charge is 0.279 e. The summed E-state index contributed by atoms with van der Waals surface area (Å²) in [7, 11) is 0. The number of hydrazine groups is 1. The zero-order chi connectivity index (χ0) is 11.6. The van der Waals surface area contributed by atoms with Crippen molar-refractivity contribution in [3.05, 3.63) is 35.9 Å². The van der Waals surface area contributed by atoms with Crippen LogP contribution in [-0.4, -0.2) is 18.3 Å². The molecule has 0 aliphatic heterocycles. The quantitative estimate of drug-likeness (QED) is 0.684. The highest BCUT2D eigenvalue weighted by molar-refractivity contribution is 5.13. The first-order valence-corrected chi connectivity index (χ1v) is 6.04. The standard InChI is InChI=1S/C13H22N2O/c1-3-10-14-15(11-4-2)16-12-13-8-6-5-7-9-13/h5-9,14H,3-4,10-12H2,1-2H3. The number of nitrogens with one attached hydrogen (secondary N) is 1.